The van der Waals surface area contributed by atoms with E-state index in [0.29, 0.717) is 51.6 Å². The zero-order valence-corrected chi connectivity index (χ0v) is 68.8. The topological polar surface area (TPSA) is 376 Å². The van der Waals surface area contributed by atoms with Crippen molar-refractivity contribution in [3.05, 3.63) is 0 Å². The Kier molecular flexibility index (Phi) is 38.1. The van der Waals surface area contributed by atoms with Gasteiger partial charge in [0.25, 0.3) is 0 Å². The Morgan fingerprint density at radius 3 is 1.62 bits per heavy atom. The van der Waals surface area contributed by atoms with Crippen LogP contribution in [0.3, 0.4) is 0 Å². The Morgan fingerprint density at radius 1 is 0.583 bits per heavy atom. The van der Waals surface area contributed by atoms with Crippen molar-refractivity contribution < 1.29 is 82.1 Å². The van der Waals surface area contributed by atoms with Crippen LogP contribution in [0, 0.1) is 41.4 Å². The van der Waals surface area contributed by atoms with Gasteiger partial charge >= 0.3 is 0 Å². The van der Waals surface area contributed by atoms with Crippen LogP contribution in [-0.4, -0.2) is 275 Å². The van der Waals surface area contributed by atoms with Crippen LogP contribution in [0.15, 0.2) is 0 Å². The van der Waals surface area contributed by atoms with Gasteiger partial charge in [-0.05, 0) is 147 Å². The van der Waals surface area contributed by atoms with Gasteiger partial charge in [-0.25, -0.2) is 5.48 Å². The van der Waals surface area contributed by atoms with Crippen LogP contribution >= 0.6 is 0 Å². The number of aliphatic hydroxyl groups is 1. The molecule has 8 N–H and O–H groups in total. The monoisotopic (exact) mass is 1530 g/mol. The molecule has 616 valence electrons. The molecular weight excluding hydrogens is 1390 g/mol. The number of likely N-dealkylation sites (tertiary alicyclic amines) is 1. The number of hydrogen-bond acceptors (Lipinski definition) is 17. The summed E-state index contributed by atoms with van der Waals surface area (Å²) < 4.78 is 12.0. The quantitative estimate of drug-likeness (QED) is 0.0587. The maximum atomic E-state index is 15.7. The molecule has 0 bridgehead atoms. The number of nitrogens with zero attached hydrogens (tertiary/aromatic N) is 7. The molecule has 13 amide bonds. The maximum Gasteiger partial charge on any atom is 0.249 e. The van der Waals surface area contributed by atoms with Crippen molar-refractivity contribution in [3.63, 3.8) is 0 Å². The Bertz CT molecular complexity index is 3010. The summed E-state index contributed by atoms with van der Waals surface area (Å²) in [5.74, 6) is -12.0. The van der Waals surface area contributed by atoms with Gasteiger partial charge < -0.3 is 75.5 Å². The zero-order chi connectivity index (χ0) is 81.4. The molecule has 4 rings (SSSR count). The van der Waals surface area contributed by atoms with E-state index in [9.17, 15) is 29.5 Å². The number of hydrogen-bond donors (Lipinski definition) is 8. The molecule has 4 aliphatic rings. The van der Waals surface area contributed by atoms with E-state index in [4.69, 9.17) is 9.47 Å². The number of carbonyl (C=O) groups excluding carboxylic acids is 13. The fraction of sp³-hybridized carbons (Fsp3) is 0.833. The number of methoxy groups -OCH3 is 1. The van der Waals surface area contributed by atoms with E-state index >= 15 is 43.2 Å². The molecule has 30 heteroatoms. The van der Waals surface area contributed by atoms with Crippen molar-refractivity contribution in [2.45, 2.75) is 304 Å². The summed E-state index contributed by atoms with van der Waals surface area (Å²) in [4.78, 5) is 204. The molecule has 30 nitrogen and oxygen atoms in total. The molecule has 0 spiro atoms. The number of carbonyl (C=O) groups is 13. The van der Waals surface area contributed by atoms with Gasteiger partial charge in [-0.15, -0.1) is 0 Å². The van der Waals surface area contributed by atoms with Crippen molar-refractivity contribution in [2.24, 2.45) is 41.4 Å². The summed E-state index contributed by atoms with van der Waals surface area (Å²) in [6.07, 6.45) is 5.70. The molecule has 3 unspecified atom stereocenters. The minimum atomic E-state index is -1.70. The molecule has 2 aliphatic carbocycles. The van der Waals surface area contributed by atoms with Gasteiger partial charge in [-0.3, -0.25) is 67.5 Å². The fourth-order valence-corrected chi connectivity index (χ4v) is 15.4. The number of ether oxygens (including phenoxy) is 2. The molecule has 108 heavy (non-hydrogen) atoms. The Morgan fingerprint density at radius 2 is 1.09 bits per heavy atom. The first-order valence-electron chi connectivity index (χ1n) is 39.8. The number of hydroxylamine groups is 1. The fourth-order valence-electron chi connectivity index (χ4n) is 15.4. The summed E-state index contributed by atoms with van der Waals surface area (Å²) in [7, 11) is 8.51. The van der Waals surface area contributed by atoms with E-state index in [0.717, 1.165) is 38.5 Å². The number of aliphatic hydroxyl groups excluding tert-OH is 1. The van der Waals surface area contributed by atoms with E-state index in [1.165, 1.54) is 85.6 Å². The van der Waals surface area contributed by atoms with Crippen molar-refractivity contribution in [3.8, 4) is 0 Å². The normalized spacial score (nSPS) is 28.4. The van der Waals surface area contributed by atoms with Gasteiger partial charge in [-0.2, -0.15) is 0 Å². The highest BCUT2D eigenvalue weighted by atomic mass is 16.5. The van der Waals surface area contributed by atoms with Crippen LogP contribution in [0.25, 0.3) is 0 Å². The van der Waals surface area contributed by atoms with Crippen molar-refractivity contribution in [1.29, 1.82) is 0 Å². The third kappa shape index (κ3) is 27.5. The van der Waals surface area contributed by atoms with E-state index in [2.05, 4.69) is 26.6 Å². The molecular formula is C78H137N13O17. The van der Waals surface area contributed by atoms with Gasteiger partial charge in [0.1, 0.15) is 60.4 Å². The van der Waals surface area contributed by atoms with E-state index in [1.807, 2.05) is 55.4 Å². The minimum Gasteiger partial charge on any atom is -0.391 e. The minimum absolute atomic E-state index is 0.00699. The highest BCUT2D eigenvalue weighted by Crippen LogP contribution is 2.35. The SMILES string of the molecule is CCCCN1CC(=O)N(C)[C@@H](CC(C)C)C(=O)N[C@@H](COC(C)(C)C)C(=O)N(C)[C@@H]([C@@H](C)CC)C(=O)N(C)[C@@H](CC(C)C)C(=O)N[C@H](C(=O)N2CCCCC2)CC(=O)N[C@H](C)C(=O)N(C)[C@@H](CC2CCCCC2)C(=O)N[C@@H](CC2CCC(C(=O)NO)C(OC)C2)C(=O)N(C)[C@@H](CC(C)C)C(=O)N[C@@H]([C@@H](C)O)C1=O. The number of nitrogens with one attached hydrogen (secondary N) is 6. The Balaban J connectivity index is 2.02. The molecule has 0 aromatic carbocycles. The predicted molar refractivity (Wildman–Crippen MR) is 407 cm³/mol. The molecule has 2 aliphatic heterocycles. The Labute approximate surface area is 642 Å². The predicted octanol–water partition coefficient (Wildman–Crippen LogP) is 4.29. The number of piperidine rings is 1. The third-order valence-corrected chi connectivity index (χ3v) is 22.1. The lowest BCUT2D eigenvalue weighted by Crippen LogP contribution is -2.62. The van der Waals surface area contributed by atoms with Gasteiger partial charge in [0, 0.05) is 62.0 Å². The highest BCUT2D eigenvalue weighted by molar-refractivity contribution is 6.00. The summed E-state index contributed by atoms with van der Waals surface area (Å²) in [5.41, 5.74) is 0.861. The second-order valence-corrected chi connectivity index (χ2v) is 33.4. The molecule has 15 atom stereocenters. The van der Waals surface area contributed by atoms with Crippen LogP contribution in [-0.2, 0) is 71.8 Å². The van der Waals surface area contributed by atoms with E-state index in [-0.39, 0.29) is 81.8 Å². The smallest absolute Gasteiger partial charge is 0.249 e. The van der Waals surface area contributed by atoms with Crippen LogP contribution in [0.1, 0.15) is 225 Å². The van der Waals surface area contributed by atoms with Crippen molar-refractivity contribution >= 4 is 76.8 Å². The summed E-state index contributed by atoms with van der Waals surface area (Å²) in [6, 6.07) is -13.8. The number of unbranched alkanes of at least 4 members (excludes halogenated alkanes) is 1. The molecule has 4 fully saturated rings. The number of amides is 13. The number of rotatable bonds is 21. The van der Waals surface area contributed by atoms with Crippen LogP contribution in [0.2, 0.25) is 0 Å². The second kappa shape index (κ2) is 44.1. The van der Waals surface area contributed by atoms with Crippen LogP contribution < -0.4 is 32.1 Å². The highest BCUT2D eigenvalue weighted by Gasteiger charge is 2.46. The van der Waals surface area contributed by atoms with Gasteiger partial charge in [0.05, 0.1) is 43.3 Å². The van der Waals surface area contributed by atoms with Crippen LogP contribution in [0.4, 0.5) is 0 Å². The van der Waals surface area contributed by atoms with E-state index in [1.54, 1.807) is 38.1 Å². The largest absolute Gasteiger partial charge is 0.391 e. The first-order chi connectivity index (χ1) is 50.6. The van der Waals surface area contributed by atoms with Gasteiger partial charge in [0.2, 0.25) is 76.8 Å². The van der Waals surface area contributed by atoms with Gasteiger partial charge in [0.15, 0.2) is 0 Å². The summed E-state index contributed by atoms with van der Waals surface area (Å²) in [6.45, 7) is 24.2. The molecule has 2 saturated carbocycles. The lowest BCUT2D eigenvalue weighted by Gasteiger charge is -2.39. The maximum absolute atomic E-state index is 15.7. The lowest BCUT2D eigenvalue weighted by molar-refractivity contribution is -0.153. The van der Waals surface area contributed by atoms with Crippen molar-refractivity contribution in [2.75, 3.05) is 75.1 Å². The average molecular weight is 1530 g/mol. The summed E-state index contributed by atoms with van der Waals surface area (Å²) in [5, 5.41) is 35.4. The Hall–Kier alpha value is -7.05. The second-order valence-electron chi connectivity index (χ2n) is 33.4. The first-order valence-corrected chi connectivity index (χ1v) is 39.8. The molecule has 2 heterocycles. The lowest BCUT2D eigenvalue weighted by atomic mass is 9.76. The van der Waals surface area contributed by atoms with Crippen LogP contribution in [0.5, 0.6) is 0 Å². The molecule has 0 aromatic rings. The average Bonchev–Trinajstić information content (AvgIpc) is 0.812. The van der Waals surface area contributed by atoms with Gasteiger partial charge in [-0.1, -0.05) is 107 Å². The zero-order valence-electron chi connectivity index (χ0n) is 68.8. The first kappa shape index (κ1) is 93.3. The van der Waals surface area contributed by atoms with Crippen molar-refractivity contribution in [1.82, 2.24) is 66.4 Å². The molecule has 2 saturated heterocycles. The summed E-state index contributed by atoms with van der Waals surface area (Å²) >= 11 is 0. The third-order valence-electron chi connectivity index (χ3n) is 22.1. The number of likely N-dealkylation sites (N-methyl/N-ethyl adjacent to an activating group) is 5. The molecule has 0 aromatic heterocycles. The van der Waals surface area contributed by atoms with E-state index < -0.39 is 186 Å². The standard InChI is InChI=1S/C78H137N13O17/c1-21-23-34-91-44-64(94)85(15)58(37-46(3)4)68(96)82-57(45-108-78(12,13)14)74(102)89(19)66(49(9)22-2)77(105)88(18)59(38-47(5)6)69(97)81-56(75(103)90-35-28-25-29-36-90)43-63(93)79-50(10)72(100)86(16)61(41-52-30-26-24-27-31-52)70(98)80-55(40-53-32-33-54(67(95)84-106)62(42-53)107-20)73(101)87(17)60(39-48(7)8)71(99)83-65(51(11)92)76(91)104/h46-62,65-66,92,106H,21-45H2,1-20H3,(H,79,93)(H,80,98)(H,81,97)(H,82,96)(H,83,99)(H,84,95)/t49-,50+,51+,53?,54?,55-,56-,57-,58-,59-,60-,61-,62?,65-,66-/m0/s1. The molecule has 0 radical (unpaired) electrons.